The zero-order valence-corrected chi connectivity index (χ0v) is 11.8. The van der Waals surface area contributed by atoms with Crippen LogP contribution in [-0.2, 0) is 4.74 Å². The van der Waals surface area contributed by atoms with Crippen molar-refractivity contribution < 1.29 is 4.74 Å². The third kappa shape index (κ3) is 3.50. The van der Waals surface area contributed by atoms with Gasteiger partial charge in [0.25, 0.3) is 0 Å². The van der Waals surface area contributed by atoms with E-state index in [1.165, 1.54) is 56.3 Å². The van der Waals surface area contributed by atoms with Gasteiger partial charge in [-0.1, -0.05) is 33.1 Å². The van der Waals surface area contributed by atoms with E-state index in [9.17, 15) is 0 Å². The summed E-state index contributed by atoms with van der Waals surface area (Å²) < 4.78 is 6.16. The van der Waals surface area contributed by atoms with Crippen molar-refractivity contribution in [1.82, 2.24) is 0 Å². The first-order valence-corrected chi connectivity index (χ1v) is 7.49. The van der Waals surface area contributed by atoms with E-state index in [1.54, 1.807) is 0 Å². The van der Waals surface area contributed by atoms with Crippen LogP contribution in [0.4, 0.5) is 0 Å². The fourth-order valence-electron chi connectivity index (χ4n) is 3.36. The Balaban J connectivity index is 1.86. The third-order valence-electron chi connectivity index (χ3n) is 4.69. The summed E-state index contributed by atoms with van der Waals surface area (Å²) in [6.45, 7) is 7.95. The first kappa shape index (κ1) is 13.0. The van der Waals surface area contributed by atoms with Crippen LogP contribution in [0.3, 0.4) is 0 Å². The lowest BCUT2D eigenvalue weighted by Crippen LogP contribution is -2.19. The molecule has 2 unspecified atom stereocenters. The predicted octanol–water partition coefficient (Wildman–Crippen LogP) is 4.92. The smallest absolute Gasteiger partial charge is 0.0954 e. The Morgan fingerprint density at radius 2 is 1.82 bits per heavy atom. The van der Waals surface area contributed by atoms with Crippen molar-refractivity contribution in [2.45, 2.75) is 65.7 Å². The molecule has 0 amide bonds. The minimum atomic E-state index is 0.722. The van der Waals surface area contributed by atoms with Gasteiger partial charge in [-0.15, -0.1) is 0 Å². The van der Waals surface area contributed by atoms with Gasteiger partial charge in [-0.05, 0) is 49.5 Å². The Kier molecular flexibility index (Phi) is 4.53. The average molecular weight is 236 g/mol. The summed E-state index contributed by atoms with van der Waals surface area (Å²) in [5, 5.41) is 0. The molecule has 0 aliphatic heterocycles. The topological polar surface area (TPSA) is 9.23 Å². The molecule has 0 bridgehead atoms. The highest BCUT2D eigenvalue weighted by atomic mass is 16.5. The number of allylic oxidation sites excluding steroid dienone is 2. The number of hydrogen-bond acceptors (Lipinski definition) is 1. The summed E-state index contributed by atoms with van der Waals surface area (Å²) in [4.78, 5) is 0. The first-order valence-electron chi connectivity index (χ1n) is 7.49. The van der Waals surface area contributed by atoms with Gasteiger partial charge < -0.3 is 4.74 Å². The molecule has 0 spiro atoms. The molecule has 0 saturated heterocycles. The molecule has 0 heterocycles. The standard InChI is InChI=1S/C16H28O/c1-12-9-13(2)14(3)16(10-12)17-11-15-7-5-4-6-8-15/h12-13,15H,4-11H2,1-3H3. The highest BCUT2D eigenvalue weighted by Gasteiger charge is 2.23. The molecule has 2 atom stereocenters. The van der Waals surface area contributed by atoms with Crippen molar-refractivity contribution in [2.24, 2.45) is 17.8 Å². The summed E-state index contributed by atoms with van der Waals surface area (Å²) >= 11 is 0. The van der Waals surface area contributed by atoms with Gasteiger partial charge in [0.05, 0.1) is 12.4 Å². The van der Waals surface area contributed by atoms with Crippen molar-refractivity contribution in [3.8, 4) is 0 Å². The molecule has 2 aliphatic carbocycles. The lowest BCUT2D eigenvalue weighted by molar-refractivity contribution is 0.119. The minimum absolute atomic E-state index is 0.722. The molecule has 1 nitrogen and oxygen atoms in total. The Morgan fingerprint density at radius 3 is 2.53 bits per heavy atom. The van der Waals surface area contributed by atoms with E-state index >= 15 is 0 Å². The van der Waals surface area contributed by atoms with Crippen LogP contribution in [0.1, 0.15) is 65.7 Å². The zero-order chi connectivity index (χ0) is 12.3. The minimum Gasteiger partial charge on any atom is -0.498 e. The molecule has 0 aromatic rings. The fraction of sp³-hybridized carbons (Fsp3) is 0.875. The summed E-state index contributed by atoms with van der Waals surface area (Å²) in [6.07, 6.45) is 9.55. The van der Waals surface area contributed by atoms with Crippen LogP contribution in [0.2, 0.25) is 0 Å². The van der Waals surface area contributed by atoms with Gasteiger partial charge in [0.15, 0.2) is 0 Å². The van der Waals surface area contributed by atoms with Crippen molar-refractivity contribution in [3.63, 3.8) is 0 Å². The monoisotopic (exact) mass is 236 g/mol. The molecule has 1 heteroatoms. The van der Waals surface area contributed by atoms with Crippen molar-refractivity contribution in [1.29, 1.82) is 0 Å². The molecule has 0 radical (unpaired) electrons. The summed E-state index contributed by atoms with van der Waals surface area (Å²) in [5.41, 5.74) is 1.51. The third-order valence-corrected chi connectivity index (χ3v) is 4.69. The summed E-state index contributed by atoms with van der Waals surface area (Å²) in [5.74, 6) is 3.67. The van der Waals surface area contributed by atoms with E-state index in [-0.39, 0.29) is 0 Å². The number of ether oxygens (including phenoxy) is 1. The van der Waals surface area contributed by atoms with Crippen LogP contribution >= 0.6 is 0 Å². The highest BCUT2D eigenvalue weighted by molar-refractivity contribution is 5.13. The second kappa shape index (κ2) is 5.93. The number of hydrogen-bond donors (Lipinski definition) is 0. The van der Waals surface area contributed by atoms with E-state index in [0.717, 1.165) is 24.4 Å². The Morgan fingerprint density at radius 1 is 1.12 bits per heavy atom. The fourth-order valence-corrected chi connectivity index (χ4v) is 3.36. The van der Waals surface area contributed by atoms with Gasteiger partial charge in [0.2, 0.25) is 0 Å². The molecule has 1 saturated carbocycles. The van der Waals surface area contributed by atoms with Gasteiger partial charge in [-0.2, -0.15) is 0 Å². The van der Waals surface area contributed by atoms with E-state index in [1.807, 2.05) is 0 Å². The van der Waals surface area contributed by atoms with Gasteiger partial charge in [0.1, 0.15) is 0 Å². The molecule has 98 valence electrons. The SMILES string of the molecule is CC1=C(OCC2CCCCC2)CC(C)CC1C. The van der Waals surface area contributed by atoms with Crippen LogP contribution in [0.15, 0.2) is 11.3 Å². The van der Waals surface area contributed by atoms with Crippen LogP contribution in [0.5, 0.6) is 0 Å². The number of rotatable bonds is 3. The van der Waals surface area contributed by atoms with Crippen LogP contribution in [0, 0.1) is 17.8 Å². The first-order chi connectivity index (χ1) is 8.16. The van der Waals surface area contributed by atoms with Crippen LogP contribution in [-0.4, -0.2) is 6.61 Å². The van der Waals surface area contributed by atoms with E-state index in [2.05, 4.69) is 20.8 Å². The van der Waals surface area contributed by atoms with Gasteiger partial charge in [-0.3, -0.25) is 0 Å². The molecular weight excluding hydrogens is 208 g/mol. The molecule has 1 fully saturated rings. The zero-order valence-electron chi connectivity index (χ0n) is 11.8. The maximum absolute atomic E-state index is 6.16. The lowest BCUT2D eigenvalue weighted by atomic mass is 9.82. The largest absolute Gasteiger partial charge is 0.498 e. The van der Waals surface area contributed by atoms with Crippen molar-refractivity contribution in [3.05, 3.63) is 11.3 Å². The van der Waals surface area contributed by atoms with Gasteiger partial charge in [0, 0.05) is 6.42 Å². The Labute approximate surface area is 107 Å². The average Bonchev–Trinajstić information content (AvgIpc) is 2.33. The maximum atomic E-state index is 6.16. The second-order valence-electron chi connectivity index (χ2n) is 6.37. The normalized spacial score (nSPS) is 31.7. The summed E-state index contributed by atoms with van der Waals surface area (Å²) in [6, 6.07) is 0. The van der Waals surface area contributed by atoms with Crippen LogP contribution < -0.4 is 0 Å². The lowest BCUT2D eigenvalue weighted by Gasteiger charge is -2.30. The molecular formula is C16H28O. The molecule has 0 N–H and O–H groups in total. The predicted molar refractivity (Wildman–Crippen MR) is 72.8 cm³/mol. The summed E-state index contributed by atoms with van der Waals surface area (Å²) in [7, 11) is 0. The van der Waals surface area contributed by atoms with E-state index in [4.69, 9.17) is 4.74 Å². The Bertz CT molecular complexity index is 273. The molecule has 0 aromatic heterocycles. The van der Waals surface area contributed by atoms with Crippen LogP contribution in [0.25, 0.3) is 0 Å². The van der Waals surface area contributed by atoms with Crippen molar-refractivity contribution in [2.75, 3.05) is 6.61 Å². The molecule has 17 heavy (non-hydrogen) atoms. The molecule has 2 rings (SSSR count). The van der Waals surface area contributed by atoms with E-state index in [0.29, 0.717) is 0 Å². The molecule has 0 aromatic carbocycles. The van der Waals surface area contributed by atoms with Gasteiger partial charge in [-0.25, -0.2) is 0 Å². The second-order valence-corrected chi connectivity index (χ2v) is 6.37. The highest BCUT2D eigenvalue weighted by Crippen LogP contribution is 2.34. The van der Waals surface area contributed by atoms with Crippen molar-refractivity contribution >= 4 is 0 Å². The van der Waals surface area contributed by atoms with E-state index < -0.39 is 0 Å². The van der Waals surface area contributed by atoms with Gasteiger partial charge >= 0.3 is 0 Å². The molecule has 2 aliphatic rings. The maximum Gasteiger partial charge on any atom is 0.0954 e. The quantitative estimate of drug-likeness (QED) is 0.675. The Hall–Kier alpha value is -0.460.